The van der Waals surface area contributed by atoms with Gasteiger partial charge in [-0.25, -0.2) is 0 Å². The molecule has 6 nitrogen and oxygen atoms in total. The van der Waals surface area contributed by atoms with Crippen LogP contribution in [0.15, 0.2) is 24.3 Å². The van der Waals surface area contributed by atoms with E-state index in [9.17, 15) is 14.4 Å². The predicted molar refractivity (Wildman–Crippen MR) is 136 cm³/mol. The highest BCUT2D eigenvalue weighted by molar-refractivity contribution is 5.97. The first kappa shape index (κ1) is 26.4. The average Bonchev–Trinajstić information content (AvgIpc) is 3.72. The Balaban J connectivity index is 0.000000469. The first-order valence-corrected chi connectivity index (χ1v) is 13.4. The molecule has 0 radical (unpaired) electrons. The highest BCUT2D eigenvalue weighted by Gasteiger charge is 2.27. The molecule has 2 aliphatic carbocycles. The lowest BCUT2D eigenvalue weighted by Gasteiger charge is -2.33. The van der Waals surface area contributed by atoms with Crippen LogP contribution < -0.4 is 10.6 Å². The number of benzene rings is 1. The van der Waals surface area contributed by atoms with Gasteiger partial charge in [-0.1, -0.05) is 64.5 Å². The van der Waals surface area contributed by atoms with Crippen LogP contribution in [0.2, 0.25) is 0 Å². The normalized spacial score (nSPS) is 20.3. The van der Waals surface area contributed by atoms with Crippen LogP contribution in [0, 0.1) is 5.92 Å². The van der Waals surface area contributed by atoms with E-state index >= 15 is 0 Å². The van der Waals surface area contributed by atoms with Gasteiger partial charge in [-0.3, -0.25) is 14.4 Å². The Bertz CT molecular complexity index is 803. The lowest BCUT2D eigenvalue weighted by molar-refractivity contribution is -0.131. The molecular formula is C28H43N3O3. The summed E-state index contributed by atoms with van der Waals surface area (Å²) in [6.07, 6.45) is 13.3. The second-order valence-corrected chi connectivity index (χ2v) is 10.4. The van der Waals surface area contributed by atoms with Crippen LogP contribution in [-0.4, -0.2) is 54.7 Å². The number of carbonyl (C=O) groups excluding carboxylic acids is 3. The van der Waals surface area contributed by atoms with Crippen molar-refractivity contribution in [2.45, 2.75) is 90.0 Å². The summed E-state index contributed by atoms with van der Waals surface area (Å²) in [4.78, 5) is 38.5. The molecule has 1 heterocycles. The van der Waals surface area contributed by atoms with Crippen LogP contribution in [0.25, 0.3) is 0 Å². The molecular weight excluding hydrogens is 426 g/mol. The molecule has 1 unspecified atom stereocenters. The molecule has 0 bridgehead atoms. The molecule has 1 atom stereocenters. The van der Waals surface area contributed by atoms with Crippen molar-refractivity contribution in [2.75, 3.05) is 26.2 Å². The maximum atomic E-state index is 12.5. The molecule has 2 N–H and O–H groups in total. The molecule has 34 heavy (non-hydrogen) atoms. The molecule has 6 heteroatoms. The zero-order chi connectivity index (χ0) is 24.3. The van der Waals surface area contributed by atoms with Gasteiger partial charge >= 0.3 is 0 Å². The van der Waals surface area contributed by atoms with Gasteiger partial charge in [-0.05, 0) is 43.4 Å². The minimum absolute atomic E-state index is 0.0192. The smallest absolute Gasteiger partial charge is 0.251 e. The minimum atomic E-state index is -0.228. The number of nitrogens with zero attached hydrogens (tertiary/aromatic N) is 1. The van der Waals surface area contributed by atoms with E-state index < -0.39 is 0 Å². The van der Waals surface area contributed by atoms with Gasteiger partial charge in [0.05, 0.1) is 13.1 Å². The number of ketones is 1. The van der Waals surface area contributed by atoms with Crippen LogP contribution in [0.4, 0.5) is 0 Å². The van der Waals surface area contributed by atoms with E-state index in [0.717, 1.165) is 24.9 Å². The zero-order valence-electron chi connectivity index (χ0n) is 21.1. The average molecular weight is 470 g/mol. The molecule has 2 saturated carbocycles. The molecule has 4 rings (SSSR count). The van der Waals surface area contributed by atoms with Crippen LogP contribution in [0.5, 0.6) is 0 Å². The van der Waals surface area contributed by atoms with E-state index in [1.54, 1.807) is 6.07 Å². The van der Waals surface area contributed by atoms with E-state index in [2.05, 4.69) is 10.6 Å². The summed E-state index contributed by atoms with van der Waals surface area (Å²) in [5.41, 5.74) is 1.64. The van der Waals surface area contributed by atoms with Crippen molar-refractivity contribution in [3.63, 3.8) is 0 Å². The Morgan fingerprint density at radius 2 is 1.62 bits per heavy atom. The molecule has 0 aromatic heterocycles. The van der Waals surface area contributed by atoms with Crippen LogP contribution in [0.1, 0.15) is 99.9 Å². The summed E-state index contributed by atoms with van der Waals surface area (Å²) in [7, 11) is 0. The van der Waals surface area contributed by atoms with Crippen molar-refractivity contribution in [3.05, 3.63) is 35.4 Å². The maximum absolute atomic E-state index is 12.5. The van der Waals surface area contributed by atoms with Crippen molar-refractivity contribution in [1.29, 1.82) is 0 Å². The molecule has 1 aromatic carbocycles. The second-order valence-electron chi connectivity index (χ2n) is 10.4. The van der Waals surface area contributed by atoms with Gasteiger partial charge in [-0.2, -0.15) is 0 Å². The van der Waals surface area contributed by atoms with Gasteiger partial charge in [0, 0.05) is 36.5 Å². The number of amides is 2. The zero-order valence-corrected chi connectivity index (χ0v) is 21.1. The lowest BCUT2D eigenvalue weighted by Crippen LogP contribution is -2.43. The SMILES string of the molecule is C1CCCCC1.CC(C)C(=O)CNC(=O)c1cccc(C2CCCN(C(=O)CNC3CC3)C2)c1. The fourth-order valence-electron chi connectivity index (χ4n) is 4.57. The largest absolute Gasteiger partial charge is 0.345 e. The topological polar surface area (TPSA) is 78.5 Å². The first-order valence-electron chi connectivity index (χ1n) is 13.4. The van der Waals surface area contributed by atoms with Crippen LogP contribution in [-0.2, 0) is 9.59 Å². The Kier molecular flexibility index (Phi) is 10.6. The van der Waals surface area contributed by atoms with Crippen molar-refractivity contribution in [3.8, 4) is 0 Å². The van der Waals surface area contributed by atoms with Crippen molar-refractivity contribution in [2.24, 2.45) is 5.92 Å². The van der Waals surface area contributed by atoms with E-state index in [0.29, 0.717) is 24.7 Å². The van der Waals surface area contributed by atoms with E-state index in [4.69, 9.17) is 0 Å². The van der Waals surface area contributed by atoms with Gasteiger partial charge in [0.25, 0.3) is 5.91 Å². The van der Waals surface area contributed by atoms with E-state index in [1.807, 2.05) is 36.9 Å². The summed E-state index contributed by atoms with van der Waals surface area (Å²) in [6.45, 7) is 5.63. The van der Waals surface area contributed by atoms with E-state index in [1.165, 1.54) is 51.4 Å². The number of piperidine rings is 1. The summed E-state index contributed by atoms with van der Waals surface area (Å²) >= 11 is 0. The highest BCUT2D eigenvalue weighted by Crippen LogP contribution is 2.28. The molecule has 1 aliphatic heterocycles. The highest BCUT2D eigenvalue weighted by atomic mass is 16.2. The predicted octanol–water partition coefficient (Wildman–Crippen LogP) is 4.44. The Hall–Kier alpha value is -2.21. The van der Waals surface area contributed by atoms with Gasteiger partial charge in [0.2, 0.25) is 5.91 Å². The second kappa shape index (κ2) is 13.6. The Labute approximate surface area is 205 Å². The van der Waals surface area contributed by atoms with Crippen LogP contribution in [0.3, 0.4) is 0 Å². The number of hydrogen-bond acceptors (Lipinski definition) is 4. The number of nitrogens with one attached hydrogen (secondary N) is 2. The molecule has 188 valence electrons. The Morgan fingerprint density at radius 1 is 0.941 bits per heavy atom. The van der Waals surface area contributed by atoms with Gasteiger partial charge in [0.15, 0.2) is 5.78 Å². The molecule has 3 fully saturated rings. The number of hydrogen-bond donors (Lipinski definition) is 2. The first-order chi connectivity index (χ1) is 16.4. The third kappa shape index (κ3) is 8.86. The van der Waals surface area contributed by atoms with Gasteiger partial charge in [-0.15, -0.1) is 0 Å². The molecule has 1 saturated heterocycles. The quantitative estimate of drug-likeness (QED) is 0.590. The standard InChI is InChI=1S/C22H31N3O3.C6H12/c1-15(2)20(26)12-24-22(28)17-6-3-5-16(11-17)18-7-4-10-25(14-18)21(27)13-23-19-8-9-19;1-2-4-6-5-3-1/h3,5-6,11,15,18-19,23H,4,7-10,12-14H2,1-2H3,(H,24,28);1-6H2. The lowest BCUT2D eigenvalue weighted by atomic mass is 9.89. The van der Waals surface area contributed by atoms with Gasteiger partial charge in [0.1, 0.15) is 0 Å². The number of likely N-dealkylation sites (tertiary alicyclic amines) is 1. The number of rotatable bonds is 8. The summed E-state index contributed by atoms with van der Waals surface area (Å²) in [5.74, 6) is 0.104. The fraction of sp³-hybridized carbons (Fsp3) is 0.679. The molecule has 0 spiro atoms. The van der Waals surface area contributed by atoms with E-state index in [-0.39, 0.29) is 36.0 Å². The van der Waals surface area contributed by atoms with Crippen molar-refractivity contribution >= 4 is 17.6 Å². The fourth-order valence-corrected chi connectivity index (χ4v) is 4.57. The van der Waals surface area contributed by atoms with Crippen molar-refractivity contribution in [1.82, 2.24) is 15.5 Å². The van der Waals surface area contributed by atoms with Crippen LogP contribution >= 0.6 is 0 Å². The summed E-state index contributed by atoms with van der Waals surface area (Å²) < 4.78 is 0. The monoisotopic (exact) mass is 469 g/mol. The summed E-state index contributed by atoms with van der Waals surface area (Å²) in [5, 5.41) is 6.00. The maximum Gasteiger partial charge on any atom is 0.251 e. The molecule has 2 amide bonds. The minimum Gasteiger partial charge on any atom is -0.345 e. The Morgan fingerprint density at radius 3 is 2.24 bits per heavy atom. The third-order valence-corrected chi connectivity index (χ3v) is 7.08. The molecule has 1 aromatic rings. The molecule has 3 aliphatic rings. The van der Waals surface area contributed by atoms with Crippen molar-refractivity contribution < 1.29 is 14.4 Å². The third-order valence-electron chi connectivity index (χ3n) is 7.08. The summed E-state index contributed by atoms with van der Waals surface area (Å²) in [6, 6.07) is 8.10. The number of carbonyl (C=O) groups is 3. The number of Topliss-reactive ketones (excluding diaryl/α,β-unsaturated/α-hetero) is 1. The van der Waals surface area contributed by atoms with Gasteiger partial charge < -0.3 is 15.5 Å².